The summed E-state index contributed by atoms with van der Waals surface area (Å²) >= 11 is 0. The summed E-state index contributed by atoms with van der Waals surface area (Å²) in [6, 6.07) is 18.6. The van der Waals surface area contributed by atoms with E-state index in [9.17, 15) is 9.18 Å². The molecule has 0 saturated heterocycles. The third-order valence-electron chi connectivity index (χ3n) is 4.23. The van der Waals surface area contributed by atoms with Crippen LogP contribution in [0.3, 0.4) is 0 Å². The third kappa shape index (κ3) is 2.06. The molecule has 3 aromatic rings. The van der Waals surface area contributed by atoms with Crippen LogP contribution in [-0.4, -0.2) is 5.91 Å². The van der Waals surface area contributed by atoms with Gasteiger partial charge in [0.25, 0.3) is 0 Å². The maximum Gasteiger partial charge on any atom is 0.225 e. The molecule has 108 valence electrons. The zero-order valence-electron chi connectivity index (χ0n) is 11.8. The predicted octanol–water partition coefficient (Wildman–Crippen LogP) is 4.45. The molecule has 0 aliphatic carbocycles. The number of hydrogen-bond acceptors (Lipinski definition) is 1. The van der Waals surface area contributed by atoms with E-state index < -0.39 is 0 Å². The van der Waals surface area contributed by atoms with E-state index in [1.54, 1.807) is 6.07 Å². The number of carbonyl (C=O) groups excluding carboxylic acids is 1. The average molecular weight is 291 g/mol. The number of halogens is 1. The molecule has 1 atom stereocenters. The Kier molecular flexibility index (Phi) is 2.93. The first-order chi connectivity index (χ1) is 10.7. The summed E-state index contributed by atoms with van der Waals surface area (Å²) in [5.74, 6) is -0.423. The lowest BCUT2D eigenvalue weighted by molar-refractivity contribution is -0.116. The maximum absolute atomic E-state index is 13.6. The topological polar surface area (TPSA) is 29.1 Å². The van der Waals surface area contributed by atoms with Crippen molar-refractivity contribution in [1.82, 2.24) is 0 Å². The molecule has 22 heavy (non-hydrogen) atoms. The molecule has 4 rings (SSSR count). The second-order valence-corrected chi connectivity index (χ2v) is 5.61. The number of hydrogen-bond donors (Lipinski definition) is 1. The Hall–Kier alpha value is -2.68. The average Bonchev–Trinajstić information content (AvgIpc) is 2.53. The van der Waals surface area contributed by atoms with Crippen molar-refractivity contribution >= 4 is 22.4 Å². The minimum Gasteiger partial charge on any atom is -0.326 e. The maximum atomic E-state index is 13.6. The van der Waals surface area contributed by atoms with Gasteiger partial charge in [-0.2, -0.15) is 0 Å². The number of nitrogens with one attached hydrogen (secondary N) is 1. The highest BCUT2D eigenvalue weighted by atomic mass is 19.1. The molecular weight excluding hydrogens is 277 g/mol. The molecule has 2 nitrogen and oxygen atoms in total. The third-order valence-corrected chi connectivity index (χ3v) is 4.23. The lowest BCUT2D eigenvalue weighted by Gasteiger charge is -2.27. The molecule has 0 aromatic heterocycles. The molecule has 1 heterocycles. The molecule has 1 amide bonds. The highest BCUT2D eigenvalue weighted by Crippen LogP contribution is 2.41. The molecule has 0 unspecified atom stereocenters. The fourth-order valence-corrected chi connectivity index (χ4v) is 3.28. The highest BCUT2D eigenvalue weighted by Gasteiger charge is 2.28. The van der Waals surface area contributed by atoms with Gasteiger partial charge in [0.1, 0.15) is 5.82 Å². The Balaban J connectivity index is 1.99. The van der Waals surface area contributed by atoms with Crippen LogP contribution >= 0.6 is 0 Å². The molecule has 1 N–H and O–H groups in total. The van der Waals surface area contributed by atoms with Gasteiger partial charge in [0.05, 0.1) is 0 Å². The van der Waals surface area contributed by atoms with Crippen molar-refractivity contribution in [3.05, 3.63) is 77.6 Å². The van der Waals surface area contributed by atoms with E-state index in [1.807, 2.05) is 30.3 Å². The molecule has 3 heteroatoms. The van der Waals surface area contributed by atoms with Crippen LogP contribution in [-0.2, 0) is 4.79 Å². The standard InChI is InChI=1S/C19H14FNO/c20-14-6-3-5-13(10-14)16-11-18(22)21-17-9-8-12-4-1-2-7-15(12)19(16)17/h1-10,16H,11H2,(H,21,22)/t16-/m1/s1. The first-order valence-corrected chi connectivity index (χ1v) is 7.29. The largest absolute Gasteiger partial charge is 0.326 e. The van der Waals surface area contributed by atoms with E-state index in [1.165, 1.54) is 12.1 Å². The van der Waals surface area contributed by atoms with Crippen molar-refractivity contribution in [3.63, 3.8) is 0 Å². The number of amides is 1. The fraction of sp³-hybridized carbons (Fsp3) is 0.105. The number of rotatable bonds is 1. The van der Waals surface area contributed by atoms with Crippen LogP contribution in [0.4, 0.5) is 10.1 Å². The highest BCUT2D eigenvalue weighted by molar-refractivity contribution is 6.01. The number of anilines is 1. The molecule has 0 spiro atoms. The molecule has 0 fully saturated rings. The van der Waals surface area contributed by atoms with Crippen LogP contribution in [0.25, 0.3) is 10.8 Å². The second kappa shape index (κ2) is 4.95. The van der Waals surface area contributed by atoms with Crippen molar-refractivity contribution in [2.75, 3.05) is 5.32 Å². The summed E-state index contributed by atoms with van der Waals surface area (Å²) in [4.78, 5) is 12.0. The van der Waals surface area contributed by atoms with Crippen LogP contribution < -0.4 is 5.32 Å². The van der Waals surface area contributed by atoms with Crippen molar-refractivity contribution in [2.24, 2.45) is 0 Å². The van der Waals surface area contributed by atoms with Gasteiger partial charge < -0.3 is 5.32 Å². The molecular formula is C19H14FNO. The Bertz CT molecular complexity index is 887. The molecule has 1 aliphatic rings. The molecule has 0 bridgehead atoms. The van der Waals surface area contributed by atoms with Crippen molar-refractivity contribution in [2.45, 2.75) is 12.3 Å². The SMILES string of the molecule is O=C1C[C@H](c2cccc(F)c2)c2c(ccc3ccccc23)N1. The summed E-state index contributed by atoms with van der Waals surface area (Å²) in [5, 5.41) is 5.16. The number of fused-ring (bicyclic) bond motifs is 3. The summed E-state index contributed by atoms with van der Waals surface area (Å²) in [5.41, 5.74) is 2.74. The van der Waals surface area contributed by atoms with E-state index in [0.29, 0.717) is 6.42 Å². The lowest BCUT2D eigenvalue weighted by Crippen LogP contribution is -2.23. The Morgan fingerprint density at radius 1 is 1.00 bits per heavy atom. The van der Waals surface area contributed by atoms with E-state index in [4.69, 9.17) is 0 Å². The minimum absolute atomic E-state index is 0.0305. The Morgan fingerprint density at radius 3 is 2.73 bits per heavy atom. The first-order valence-electron chi connectivity index (χ1n) is 7.29. The van der Waals surface area contributed by atoms with Crippen molar-refractivity contribution in [1.29, 1.82) is 0 Å². The second-order valence-electron chi connectivity index (χ2n) is 5.61. The molecule has 0 radical (unpaired) electrons. The van der Waals surface area contributed by atoms with Gasteiger partial charge >= 0.3 is 0 Å². The minimum atomic E-state index is -0.273. The predicted molar refractivity (Wildman–Crippen MR) is 85.4 cm³/mol. The van der Waals surface area contributed by atoms with Gasteiger partial charge in [-0.3, -0.25) is 4.79 Å². The smallest absolute Gasteiger partial charge is 0.225 e. The quantitative estimate of drug-likeness (QED) is 0.705. The summed E-state index contributed by atoms with van der Waals surface area (Å²) < 4.78 is 13.6. The fourth-order valence-electron chi connectivity index (χ4n) is 3.28. The van der Waals surface area contributed by atoms with Gasteiger partial charge in [-0.15, -0.1) is 0 Å². The van der Waals surface area contributed by atoms with Gasteiger partial charge in [-0.25, -0.2) is 4.39 Å². The summed E-state index contributed by atoms with van der Waals surface area (Å²) in [6.07, 6.45) is 0.338. The van der Waals surface area contributed by atoms with Crippen LogP contribution in [0.5, 0.6) is 0 Å². The van der Waals surface area contributed by atoms with E-state index in [-0.39, 0.29) is 17.6 Å². The number of benzene rings is 3. The van der Waals surface area contributed by atoms with E-state index in [0.717, 1.165) is 27.6 Å². The van der Waals surface area contributed by atoms with Gasteiger partial charge in [0.15, 0.2) is 0 Å². The Morgan fingerprint density at radius 2 is 1.86 bits per heavy atom. The van der Waals surface area contributed by atoms with Crippen LogP contribution in [0, 0.1) is 5.82 Å². The Labute approximate surface area is 127 Å². The number of carbonyl (C=O) groups is 1. The lowest BCUT2D eigenvalue weighted by atomic mass is 9.82. The van der Waals surface area contributed by atoms with Gasteiger partial charge in [0, 0.05) is 18.0 Å². The monoisotopic (exact) mass is 291 g/mol. The van der Waals surface area contributed by atoms with Crippen LogP contribution in [0.15, 0.2) is 60.7 Å². The first kappa shape index (κ1) is 13.0. The van der Waals surface area contributed by atoms with Gasteiger partial charge in [-0.05, 0) is 40.1 Å². The molecule has 0 saturated carbocycles. The van der Waals surface area contributed by atoms with Crippen molar-refractivity contribution in [3.8, 4) is 0 Å². The summed E-state index contributed by atoms with van der Waals surface area (Å²) in [6.45, 7) is 0. The molecule has 3 aromatic carbocycles. The van der Waals surface area contributed by atoms with E-state index in [2.05, 4.69) is 17.4 Å². The van der Waals surface area contributed by atoms with E-state index >= 15 is 0 Å². The van der Waals surface area contributed by atoms with Crippen LogP contribution in [0.2, 0.25) is 0 Å². The van der Waals surface area contributed by atoms with Gasteiger partial charge in [0.2, 0.25) is 5.91 Å². The zero-order chi connectivity index (χ0) is 15.1. The van der Waals surface area contributed by atoms with Crippen LogP contribution in [0.1, 0.15) is 23.5 Å². The zero-order valence-corrected chi connectivity index (χ0v) is 11.8. The van der Waals surface area contributed by atoms with Gasteiger partial charge in [-0.1, -0.05) is 42.5 Å². The molecule has 1 aliphatic heterocycles. The normalized spacial score (nSPS) is 17.1. The summed E-state index contributed by atoms with van der Waals surface area (Å²) in [7, 11) is 0. The van der Waals surface area contributed by atoms with Crippen molar-refractivity contribution < 1.29 is 9.18 Å².